The molecule has 4 heterocycles. The zero-order valence-corrected chi connectivity index (χ0v) is 25.8. The zero-order valence-electron chi connectivity index (χ0n) is 25.0. The fraction of sp³-hybridized carbons (Fsp3) is 0.400. The second-order valence-electron chi connectivity index (χ2n) is 11.5. The van der Waals surface area contributed by atoms with Crippen LogP contribution in [0.4, 0.5) is 24.8 Å². The van der Waals surface area contributed by atoms with Crippen molar-refractivity contribution >= 4 is 29.1 Å². The Morgan fingerprint density at radius 3 is 2.53 bits per heavy atom. The van der Waals surface area contributed by atoms with Crippen LogP contribution in [-0.2, 0) is 0 Å². The lowest BCUT2D eigenvalue weighted by atomic mass is 9.98. The number of carbonyl (C=O) groups excluding carboxylic acids is 1. The third-order valence-corrected chi connectivity index (χ3v) is 8.29. The summed E-state index contributed by atoms with van der Waals surface area (Å²) < 4.78 is 43.5. The largest absolute Gasteiger partial charge is 0.389 e. The van der Waals surface area contributed by atoms with Crippen molar-refractivity contribution in [3.8, 4) is 11.3 Å². The maximum atomic E-state index is 14.7. The molecule has 3 N–H and O–H groups in total. The Morgan fingerprint density at radius 2 is 1.89 bits per heavy atom. The van der Waals surface area contributed by atoms with Gasteiger partial charge in [-0.15, -0.1) is 0 Å². The predicted octanol–water partition coefficient (Wildman–Crippen LogP) is 5.05. The van der Waals surface area contributed by atoms with Crippen molar-refractivity contribution in [3.63, 3.8) is 0 Å². The number of amides is 1. The van der Waals surface area contributed by atoms with Crippen LogP contribution in [0.1, 0.15) is 68.2 Å². The number of benzene rings is 1. The lowest BCUT2D eigenvalue weighted by Crippen LogP contribution is -2.56. The van der Waals surface area contributed by atoms with E-state index in [1.165, 1.54) is 6.20 Å². The van der Waals surface area contributed by atoms with Crippen LogP contribution in [0.15, 0.2) is 49.3 Å². The quantitative estimate of drug-likeness (QED) is 0.205. The molecule has 238 valence electrons. The highest BCUT2D eigenvalue weighted by Crippen LogP contribution is 2.35. The van der Waals surface area contributed by atoms with Crippen molar-refractivity contribution < 1.29 is 23.1 Å². The van der Waals surface area contributed by atoms with Gasteiger partial charge >= 0.3 is 0 Å². The van der Waals surface area contributed by atoms with Gasteiger partial charge in [0.25, 0.3) is 12.3 Å². The summed E-state index contributed by atoms with van der Waals surface area (Å²) >= 11 is 5.82. The third-order valence-electron chi connectivity index (χ3n) is 8.00. The Kier molecular flexibility index (Phi) is 9.37. The predicted molar refractivity (Wildman–Crippen MR) is 163 cm³/mol. The van der Waals surface area contributed by atoms with E-state index in [9.17, 15) is 23.1 Å². The third kappa shape index (κ3) is 7.08. The van der Waals surface area contributed by atoms with Gasteiger partial charge in [-0.1, -0.05) is 17.7 Å². The minimum absolute atomic E-state index is 0.0643. The fourth-order valence-corrected chi connectivity index (χ4v) is 4.90. The Morgan fingerprint density at radius 1 is 1.16 bits per heavy atom. The SMILES string of the molecule is CC(c1cnc(N2CC[C@H]2CNC(C)C(C)(C)O)nc1)n1cc(NC(=O)c2cncc(-c3c(C(F)F)ccc(Cl)c3F)n2)cn1. The summed E-state index contributed by atoms with van der Waals surface area (Å²) in [6.45, 7) is 8.95. The molecule has 1 amide bonds. The van der Waals surface area contributed by atoms with Crippen molar-refractivity contribution in [1.29, 1.82) is 0 Å². The summed E-state index contributed by atoms with van der Waals surface area (Å²) in [5.41, 5.74) is -1.29. The molecule has 2 unspecified atom stereocenters. The molecule has 1 aliphatic rings. The van der Waals surface area contributed by atoms with Crippen LogP contribution < -0.4 is 15.5 Å². The van der Waals surface area contributed by atoms with Crippen LogP contribution in [0, 0.1) is 5.82 Å². The van der Waals surface area contributed by atoms with Crippen LogP contribution >= 0.6 is 11.6 Å². The Bertz CT molecular complexity index is 1660. The number of anilines is 2. The molecule has 4 aromatic rings. The molecule has 11 nitrogen and oxygen atoms in total. The minimum atomic E-state index is -3.00. The highest BCUT2D eigenvalue weighted by Gasteiger charge is 2.32. The second kappa shape index (κ2) is 13.1. The van der Waals surface area contributed by atoms with E-state index >= 15 is 0 Å². The molecule has 1 aliphatic heterocycles. The summed E-state index contributed by atoms with van der Waals surface area (Å²) in [7, 11) is 0. The number of alkyl halides is 2. The van der Waals surface area contributed by atoms with Crippen LogP contribution in [0.3, 0.4) is 0 Å². The molecule has 1 fully saturated rings. The lowest BCUT2D eigenvalue weighted by Gasteiger charge is -2.42. The summed E-state index contributed by atoms with van der Waals surface area (Å²) in [4.78, 5) is 32.2. The molecule has 1 aromatic carbocycles. The van der Waals surface area contributed by atoms with Crippen LogP contribution in [-0.4, -0.2) is 71.5 Å². The molecule has 15 heteroatoms. The van der Waals surface area contributed by atoms with Crippen molar-refractivity contribution in [2.45, 2.75) is 64.3 Å². The number of carbonyl (C=O) groups is 1. The van der Waals surface area contributed by atoms with Gasteiger partial charge in [0.2, 0.25) is 5.95 Å². The molecule has 0 saturated carbocycles. The molecular weight excluding hydrogens is 611 g/mol. The van der Waals surface area contributed by atoms with E-state index < -0.39 is 34.9 Å². The van der Waals surface area contributed by atoms with Crippen molar-refractivity contribution in [1.82, 2.24) is 35.0 Å². The topological polar surface area (TPSA) is 134 Å². The number of halogens is 4. The molecule has 1 saturated heterocycles. The van der Waals surface area contributed by atoms with E-state index in [-0.39, 0.29) is 34.5 Å². The molecule has 0 radical (unpaired) electrons. The number of rotatable bonds is 11. The normalized spacial score (nSPS) is 16.4. The summed E-state index contributed by atoms with van der Waals surface area (Å²) in [6, 6.07) is 1.94. The van der Waals surface area contributed by atoms with Gasteiger partial charge in [-0.2, -0.15) is 5.10 Å². The molecule has 0 bridgehead atoms. The first kappa shape index (κ1) is 32.3. The number of hydrogen-bond acceptors (Lipinski definition) is 9. The smallest absolute Gasteiger partial charge is 0.275 e. The number of aromatic nitrogens is 6. The van der Waals surface area contributed by atoms with Gasteiger partial charge in [0.05, 0.1) is 46.6 Å². The zero-order chi connectivity index (χ0) is 32.5. The standard InChI is InChI=1S/C30H33ClF3N9O2/c1-16(18-9-37-29(38-10-18)42-8-7-20(42)12-36-17(2)30(3,4)45)43-15-19(11-39-43)40-28(44)24-14-35-13-23(41-24)25-21(27(33)34)5-6-22(31)26(25)32/h5-6,9-11,13-17,20,27,36,45H,7-8,12H2,1-4H3,(H,40,44)/t16?,17?,20-/m0/s1. The van der Waals surface area contributed by atoms with Gasteiger partial charge in [0, 0.05) is 60.5 Å². The van der Waals surface area contributed by atoms with E-state index in [4.69, 9.17) is 11.6 Å². The monoisotopic (exact) mass is 643 g/mol. The number of aliphatic hydroxyl groups is 1. The van der Waals surface area contributed by atoms with E-state index in [1.807, 2.05) is 13.8 Å². The molecule has 3 atom stereocenters. The van der Waals surface area contributed by atoms with Crippen LogP contribution in [0.2, 0.25) is 5.02 Å². The number of nitrogens with one attached hydrogen (secondary N) is 2. The second-order valence-corrected chi connectivity index (χ2v) is 11.9. The molecule has 0 spiro atoms. The van der Waals surface area contributed by atoms with E-state index in [1.54, 1.807) is 37.1 Å². The van der Waals surface area contributed by atoms with Gasteiger partial charge in [0.1, 0.15) is 5.69 Å². The van der Waals surface area contributed by atoms with E-state index in [0.29, 0.717) is 18.2 Å². The maximum Gasteiger partial charge on any atom is 0.275 e. The first-order valence-electron chi connectivity index (χ1n) is 14.3. The lowest BCUT2D eigenvalue weighted by molar-refractivity contribution is 0.0432. The van der Waals surface area contributed by atoms with Gasteiger partial charge in [0.15, 0.2) is 5.82 Å². The highest BCUT2D eigenvalue weighted by molar-refractivity contribution is 6.31. The number of nitrogens with zero attached hydrogens (tertiary/aromatic N) is 7. The van der Waals surface area contributed by atoms with Crippen molar-refractivity contribution in [2.75, 3.05) is 23.3 Å². The van der Waals surface area contributed by atoms with Crippen LogP contribution in [0.25, 0.3) is 11.3 Å². The summed E-state index contributed by atoms with van der Waals surface area (Å²) in [5.74, 6) is -1.15. The fourth-order valence-electron chi connectivity index (χ4n) is 4.74. The first-order valence-corrected chi connectivity index (χ1v) is 14.7. The average molecular weight is 644 g/mol. The summed E-state index contributed by atoms with van der Waals surface area (Å²) in [5, 5.41) is 20.2. The highest BCUT2D eigenvalue weighted by atomic mass is 35.5. The van der Waals surface area contributed by atoms with Gasteiger partial charge in [-0.25, -0.2) is 28.1 Å². The van der Waals surface area contributed by atoms with Gasteiger partial charge < -0.3 is 20.6 Å². The number of hydrogen-bond donors (Lipinski definition) is 3. The van der Waals surface area contributed by atoms with Gasteiger partial charge in [-0.3, -0.25) is 14.5 Å². The summed E-state index contributed by atoms with van der Waals surface area (Å²) in [6.07, 6.45) is 6.75. The van der Waals surface area contributed by atoms with Crippen LogP contribution in [0.5, 0.6) is 0 Å². The van der Waals surface area contributed by atoms with Crippen molar-refractivity contribution in [3.05, 3.63) is 77.0 Å². The molecule has 0 aliphatic carbocycles. The molecule has 3 aromatic heterocycles. The van der Waals surface area contributed by atoms with E-state index in [2.05, 4.69) is 40.6 Å². The van der Waals surface area contributed by atoms with Crippen molar-refractivity contribution in [2.24, 2.45) is 0 Å². The molecule has 45 heavy (non-hydrogen) atoms. The van der Waals surface area contributed by atoms with Gasteiger partial charge in [-0.05, 0) is 40.2 Å². The Hall–Kier alpha value is -4.14. The molecule has 5 rings (SSSR count). The molecular formula is C30H33ClF3N9O2. The average Bonchev–Trinajstić information content (AvgIpc) is 3.45. The maximum absolute atomic E-state index is 14.7. The Balaban J connectivity index is 1.23. The minimum Gasteiger partial charge on any atom is -0.389 e. The van der Waals surface area contributed by atoms with E-state index in [0.717, 1.165) is 43.1 Å². The Labute approximate surface area is 262 Å². The first-order chi connectivity index (χ1) is 21.3.